The summed E-state index contributed by atoms with van der Waals surface area (Å²) in [6.07, 6.45) is 1.78. The molecule has 1 fully saturated rings. The Morgan fingerprint density at radius 2 is 1.74 bits per heavy atom. The molecule has 7 nitrogen and oxygen atoms in total. The molecule has 210 valence electrons. The van der Waals surface area contributed by atoms with Gasteiger partial charge in [0.25, 0.3) is 5.91 Å². The second-order valence-electron chi connectivity index (χ2n) is 9.77. The fourth-order valence-corrected chi connectivity index (χ4v) is 5.88. The first-order valence-electron chi connectivity index (χ1n) is 13.5. The van der Waals surface area contributed by atoms with Gasteiger partial charge in [-0.1, -0.05) is 53.7 Å². The maximum absolute atomic E-state index is 12.5. The van der Waals surface area contributed by atoms with Crippen LogP contribution in [0, 0.1) is 6.92 Å². The molecule has 0 unspecified atom stereocenters. The number of thiocarbonyl (C=S) groups is 1. The second-order valence-corrected chi connectivity index (χ2v) is 11.2. The third-order valence-corrected chi connectivity index (χ3v) is 8.02. The van der Waals surface area contributed by atoms with Gasteiger partial charge in [-0.05, 0) is 91.9 Å². The van der Waals surface area contributed by atoms with Crippen LogP contribution in [0.3, 0.4) is 0 Å². The Morgan fingerprint density at radius 3 is 2.48 bits per heavy atom. The monoisotopic (exact) mass is 592 g/mol. The lowest BCUT2D eigenvalue weighted by molar-refractivity contribution is -0.118. The molecule has 1 amide bonds. The summed E-state index contributed by atoms with van der Waals surface area (Å²) < 4.78 is 12.0. The zero-order valence-corrected chi connectivity index (χ0v) is 24.4. The van der Waals surface area contributed by atoms with E-state index in [2.05, 4.69) is 46.8 Å². The standard InChI is InChI=1S/C33H28N4O3S2/c1-22-10-16-26(17-11-22)42-30-19-18-28(40-30)32-31(27-9-5-6-20-34-27)36-33(41)37(32)24-14-12-23(13-15-24)35-29(38)21-39-25-7-3-2-4-8-25/h2-20,31-32H,21H2,1H3,(H,35,38)(H,36,41)/t31-,32-/m1/s1. The van der Waals surface area contributed by atoms with Gasteiger partial charge >= 0.3 is 0 Å². The van der Waals surface area contributed by atoms with Crippen LogP contribution in [0.25, 0.3) is 0 Å². The van der Waals surface area contributed by atoms with E-state index in [1.807, 2.05) is 89.8 Å². The first-order valence-corrected chi connectivity index (χ1v) is 14.7. The van der Waals surface area contributed by atoms with Crippen molar-refractivity contribution in [3.63, 3.8) is 0 Å². The Hall–Kier alpha value is -4.60. The number of hydrogen-bond donors (Lipinski definition) is 2. The fraction of sp³-hybridized carbons (Fsp3) is 0.121. The topological polar surface area (TPSA) is 79.6 Å². The number of nitrogens with one attached hydrogen (secondary N) is 2. The van der Waals surface area contributed by atoms with E-state index < -0.39 is 0 Å². The lowest BCUT2D eigenvalue weighted by Crippen LogP contribution is -2.29. The minimum atomic E-state index is -0.278. The van der Waals surface area contributed by atoms with Crippen LogP contribution in [0.2, 0.25) is 0 Å². The van der Waals surface area contributed by atoms with Gasteiger partial charge in [-0.15, -0.1) is 0 Å². The van der Waals surface area contributed by atoms with Crippen LogP contribution in [0.4, 0.5) is 11.4 Å². The highest BCUT2D eigenvalue weighted by Gasteiger charge is 2.42. The number of aryl methyl sites for hydroxylation is 1. The molecular formula is C33H28N4O3S2. The highest BCUT2D eigenvalue weighted by molar-refractivity contribution is 7.99. The number of anilines is 2. The Morgan fingerprint density at radius 1 is 0.976 bits per heavy atom. The molecule has 9 heteroatoms. The molecule has 3 aromatic carbocycles. The van der Waals surface area contributed by atoms with Gasteiger partial charge in [-0.25, -0.2) is 0 Å². The number of hydrogen-bond acceptors (Lipinski definition) is 6. The number of furan rings is 1. The number of ether oxygens (including phenoxy) is 1. The van der Waals surface area contributed by atoms with E-state index in [4.69, 9.17) is 21.4 Å². The van der Waals surface area contributed by atoms with Crippen LogP contribution in [-0.2, 0) is 4.79 Å². The van der Waals surface area contributed by atoms with E-state index in [0.29, 0.717) is 16.5 Å². The van der Waals surface area contributed by atoms with Crippen molar-refractivity contribution in [1.29, 1.82) is 0 Å². The summed E-state index contributed by atoms with van der Waals surface area (Å²) in [4.78, 5) is 20.2. The summed E-state index contributed by atoms with van der Waals surface area (Å²) in [5.41, 5.74) is 3.59. The molecule has 2 aromatic heterocycles. The molecular weight excluding hydrogens is 565 g/mol. The summed E-state index contributed by atoms with van der Waals surface area (Å²) >= 11 is 7.41. The van der Waals surface area contributed by atoms with E-state index in [-0.39, 0.29) is 24.6 Å². The zero-order chi connectivity index (χ0) is 28.9. The molecule has 42 heavy (non-hydrogen) atoms. The Bertz CT molecular complexity index is 1660. The predicted octanol–water partition coefficient (Wildman–Crippen LogP) is 7.33. The highest BCUT2D eigenvalue weighted by Crippen LogP contribution is 2.43. The number of para-hydroxylation sites is 1. The number of carbonyl (C=O) groups is 1. The van der Waals surface area contributed by atoms with Gasteiger partial charge in [0.05, 0.1) is 11.7 Å². The largest absolute Gasteiger partial charge is 0.484 e. The van der Waals surface area contributed by atoms with Gasteiger partial charge in [0, 0.05) is 22.5 Å². The van der Waals surface area contributed by atoms with Gasteiger partial charge in [-0.3, -0.25) is 9.78 Å². The molecule has 0 radical (unpaired) electrons. The number of pyridine rings is 1. The van der Waals surface area contributed by atoms with Gasteiger partial charge in [0.1, 0.15) is 17.6 Å². The molecule has 1 saturated heterocycles. The Balaban J connectivity index is 1.22. The van der Waals surface area contributed by atoms with Crippen LogP contribution >= 0.6 is 24.0 Å². The van der Waals surface area contributed by atoms with Gasteiger partial charge in [-0.2, -0.15) is 0 Å². The molecule has 2 atom stereocenters. The summed E-state index contributed by atoms with van der Waals surface area (Å²) in [7, 11) is 0. The summed E-state index contributed by atoms with van der Waals surface area (Å²) in [6.45, 7) is 1.99. The third-order valence-electron chi connectivity index (χ3n) is 6.77. The van der Waals surface area contributed by atoms with Crippen molar-refractivity contribution >= 4 is 46.4 Å². The van der Waals surface area contributed by atoms with Crippen molar-refractivity contribution in [3.8, 4) is 5.75 Å². The minimum absolute atomic E-state index is 0.0822. The zero-order valence-electron chi connectivity index (χ0n) is 22.8. The Kier molecular flexibility index (Phi) is 8.21. The van der Waals surface area contributed by atoms with Gasteiger partial charge in [0.2, 0.25) is 0 Å². The number of nitrogens with zero attached hydrogens (tertiary/aromatic N) is 2. The van der Waals surface area contributed by atoms with Crippen LogP contribution in [0.5, 0.6) is 5.75 Å². The van der Waals surface area contributed by atoms with Gasteiger partial charge < -0.3 is 24.7 Å². The molecule has 3 heterocycles. The number of rotatable bonds is 9. The van der Waals surface area contributed by atoms with Crippen molar-refractivity contribution in [2.75, 3.05) is 16.8 Å². The van der Waals surface area contributed by atoms with Crippen LogP contribution in [0.15, 0.2) is 130 Å². The molecule has 0 saturated carbocycles. The van der Waals surface area contributed by atoms with E-state index in [1.165, 1.54) is 5.56 Å². The van der Waals surface area contributed by atoms with Crippen molar-refractivity contribution < 1.29 is 13.9 Å². The molecule has 6 rings (SSSR count). The first kappa shape index (κ1) is 27.6. The van der Waals surface area contributed by atoms with E-state index in [9.17, 15) is 4.79 Å². The summed E-state index contributed by atoms with van der Waals surface area (Å²) in [6, 6.07) is 34.5. The van der Waals surface area contributed by atoms with Crippen molar-refractivity contribution in [2.45, 2.75) is 29.0 Å². The van der Waals surface area contributed by atoms with Crippen LogP contribution in [-0.4, -0.2) is 22.6 Å². The van der Waals surface area contributed by atoms with E-state index in [0.717, 1.165) is 27.1 Å². The smallest absolute Gasteiger partial charge is 0.262 e. The van der Waals surface area contributed by atoms with Crippen LogP contribution in [0.1, 0.15) is 29.1 Å². The molecule has 1 aliphatic heterocycles. The molecule has 1 aliphatic rings. The molecule has 0 bridgehead atoms. The maximum Gasteiger partial charge on any atom is 0.262 e. The molecule has 0 spiro atoms. The molecule has 5 aromatic rings. The average molecular weight is 593 g/mol. The quantitative estimate of drug-likeness (QED) is 0.172. The lowest BCUT2D eigenvalue weighted by Gasteiger charge is -2.26. The predicted molar refractivity (Wildman–Crippen MR) is 169 cm³/mol. The number of benzene rings is 3. The third kappa shape index (κ3) is 6.32. The number of carbonyl (C=O) groups excluding carboxylic acids is 1. The van der Waals surface area contributed by atoms with Gasteiger partial charge in [0.15, 0.2) is 16.8 Å². The average Bonchev–Trinajstić information content (AvgIpc) is 3.62. The SMILES string of the molecule is Cc1ccc(Sc2ccc([C@@H]3[C@@H](c4ccccn4)NC(=S)N3c3ccc(NC(=O)COc4ccccc4)cc3)o2)cc1. The molecule has 0 aliphatic carbocycles. The lowest BCUT2D eigenvalue weighted by atomic mass is 10.0. The summed E-state index contributed by atoms with van der Waals surface area (Å²) in [5.74, 6) is 1.17. The van der Waals surface area contributed by atoms with Crippen molar-refractivity contribution in [1.82, 2.24) is 10.3 Å². The number of amides is 1. The second kappa shape index (κ2) is 12.5. The molecule has 2 N–H and O–H groups in total. The highest BCUT2D eigenvalue weighted by atomic mass is 32.2. The fourth-order valence-electron chi connectivity index (χ4n) is 4.76. The normalized spacial score (nSPS) is 16.2. The van der Waals surface area contributed by atoms with E-state index in [1.54, 1.807) is 18.0 Å². The first-order chi connectivity index (χ1) is 20.5. The minimum Gasteiger partial charge on any atom is -0.484 e. The summed E-state index contributed by atoms with van der Waals surface area (Å²) in [5, 5.41) is 7.70. The number of aromatic nitrogens is 1. The van der Waals surface area contributed by atoms with Crippen molar-refractivity contribution in [3.05, 3.63) is 132 Å². The van der Waals surface area contributed by atoms with E-state index >= 15 is 0 Å². The van der Waals surface area contributed by atoms with Crippen LogP contribution < -0.4 is 20.3 Å². The maximum atomic E-state index is 12.5. The van der Waals surface area contributed by atoms with Crippen molar-refractivity contribution in [2.24, 2.45) is 0 Å². The Labute approximate surface area is 253 Å².